The highest BCUT2D eigenvalue weighted by Gasteiger charge is 2.29. The lowest BCUT2D eigenvalue weighted by atomic mass is 9.91. The van der Waals surface area contributed by atoms with Gasteiger partial charge in [0, 0.05) is 18.2 Å². The molecule has 1 fully saturated rings. The Morgan fingerprint density at radius 1 is 1.33 bits per heavy atom. The predicted molar refractivity (Wildman–Crippen MR) is 73.2 cm³/mol. The third-order valence-electron chi connectivity index (χ3n) is 3.64. The number of rotatable bonds is 1. The summed E-state index contributed by atoms with van der Waals surface area (Å²) >= 11 is 11.7. The molecule has 5 heteroatoms. The van der Waals surface area contributed by atoms with Crippen molar-refractivity contribution in [3.63, 3.8) is 0 Å². The van der Waals surface area contributed by atoms with Gasteiger partial charge in [0.05, 0.1) is 0 Å². The molecule has 98 valence electrons. The average Bonchev–Trinajstić information content (AvgIpc) is 2.30. The fraction of sp³-hybridized carbons (Fsp3) is 0.538. The largest absolute Gasteiger partial charge is 0.336 e. The maximum absolute atomic E-state index is 12.4. The number of carbonyl (C=O) groups excluding carboxylic acids is 1. The molecule has 0 saturated carbocycles. The Morgan fingerprint density at radius 2 is 1.94 bits per heavy atom. The molecule has 3 nitrogen and oxygen atoms in total. The van der Waals surface area contributed by atoms with Crippen LogP contribution < -0.4 is 0 Å². The van der Waals surface area contributed by atoms with E-state index >= 15 is 0 Å². The Balaban J connectivity index is 2.24. The van der Waals surface area contributed by atoms with Gasteiger partial charge in [-0.25, -0.2) is 4.98 Å². The van der Waals surface area contributed by atoms with Crippen molar-refractivity contribution >= 4 is 29.1 Å². The number of nitrogens with zero attached hydrogens (tertiary/aromatic N) is 2. The lowest BCUT2D eigenvalue weighted by molar-refractivity contribution is 0.0551. The van der Waals surface area contributed by atoms with Crippen molar-refractivity contribution in [2.75, 3.05) is 6.54 Å². The molecule has 0 bridgehead atoms. The Hall–Kier alpha value is -0.800. The van der Waals surface area contributed by atoms with Gasteiger partial charge in [0.15, 0.2) is 0 Å². The van der Waals surface area contributed by atoms with E-state index in [9.17, 15) is 4.79 Å². The molecule has 1 aromatic heterocycles. The van der Waals surface area contributed by atoms with Crippen LogP contribution >= 0.6 is 23.2 Å². The molecular formula is C13H16Cl2N2O. The first kappa shape index (κ1) is 13.6. The molecule has 2 unspecified atom stereocenters. The predicted octanol–water partition coefficient (Wildman–Crippen LogP) is 3.65. The van der Waals surface area contributed by atoms with Gasteiger partial charge in [0.2, 0.25) is 0 Å². The molecule has 1 aliphatic rings. The molecule has 0 aliphatic carbocycles. The third-order valence-corrected chi connectivity index (χ3v) is 4.03. The summed E-state index contributed by atoms with van der Waals surface area (Å²) in [6, 6.07) is 3.39. The quantitative estimate of drug-likeness (QED) is 0.739. The molecule has 2 rings (SSSR count). The lowest BCUT2D eigenvalue weighted by Gasteiger charge is -2.38. The minimum absolute atomic E-state index is 0.0137. The van der Waals surface area contributed by atoms with Crippen molar-refractivity contribution in [1.29, 1.82) is 0 Å². The zero-order valence-corrected chi connectivity index (χ0v) is 12.0. The number of piperidine rings is 1. The van der Waals surface area contributed by atoms with Crippen molar-refractivity contribution in [3.05, 3.63) is 28.0 Å². The first-order valence-electron chi connectivity index (χ1n) is 6.13. The topological polar surface area (TPSA) is 33.2 Å². The molecule has 0 spiro atoms. The summed E-state index contributed by atoms with van der Waals surface area (Å²) in [5.41, 5.74) is 0.515. The first-order chi connectivity index (χ1) is 8.49. The van der Waals surface area contributed by atoms with Crippen LogP contribution in [0.15, 0.2) is 12.1 Å². The molecule has 2 atom stereocenters. The van der Waals surface area contributed by atoms with E-state index in [0.717, 1.165) is 13.0 Å². The van der Waals surface area contributed by atoms with Gasteiger partial charge in [-0.3, -0.25) is 4.79 Å². The Bertz CT molecular complexity index is 444. The molecular weight excluding hydrogens is 271 g/mol. The van der Waals surface area contributed by atoms with Crippen molar-refractivity contribution in [2.24, 2.45) is 5.92 Å². The normalized spacial score (nSPS) is 24.1. The van der Waals surface area contributed by atoms with Crippen LogP contribution in [0, 0.1) is 5.92 Å². The Labute approximate surface area is 117 Å². The molecule has 0 radical (unpaired) electrons. The minimum atomic E-state index is -0.0137. The maximum atomic E-state index is 12.4. The number of halogens is 2. The van der Waals surface area contributed by atoms with Crippen LogP contribution in [0.4, 0.5) is 0 Å². The SMILES string of the molecule is CC1CCCN(C(=O)c2cc(Cl)nc(Cl)c2)C1C. The molecule has 0 N–H and O–H groups in total. The van der Waals surface area contributed by atoms with Crippen molar-refractivity contribution < 1.29 is 4.79 Å². The summed E-state index contributed by atoms with van der Waals surface area (Å²) in [5.74, 6) is 0.510. The summed E-state index contributed by atoms with van der Waals surface area (Å²) in [6.07, 6.45) is 2.21. The van der Waals surface area contributed by atoms with Crippen LogP contribution in [0.5, 0.6) is 0 Å². The van der Waals surface area contributed by atoms with Gasteiger partial charge >= 0.3 is 0 Å². The van der Waals surface area contributed by atoms with E-state index in [1.807, 2.05) is 4.90 Å². The molecule has 1 aliphatic heterocycles. The Morgan fingerprint density at radius 3 is 2.56 bits per heavy atom. The van der Waals surface area contributed by atoms with E-state index in [4.69, 9.17) is 23.2 Å². The molecule has 1 amide bonds. The van der Waals surface area contributed by atoms with Crippen LogP contribution in [-0.4, -0.2) is 28.4 Å². The minimum Gasteiger partial charge on any atom is -0.336 e. The summed E-state index contributed by atoms with van der Waals surface area (Å²) in [4.78, 5) is 18.2. The first-order valence-corrected chi connectivity index (χ1v) is 6.88. The summed E-state index contributed by atoms with van der Waals surface area (Å²) < 4.78 is 0. The number of likely N-dealkylation sites (tertiary alicyclic amines) is 1. The molecule has 1 saturated heterocycles. The van der Waals surface area contributed by atoms with Gasteiger partial charge in [-0.05, 0) is 37.8 Å². The van der Waals surface area contributed by atoms with Gasteiger partial charge < -0.3 is 4.90 Å². The molecule has 2 heterocycles. The maximum Gasteiger partial charge on any atom is 0.254 e. The second-order valence-electron chi connectivity index (χ2n) is 4.86. The number of amides is 1. The van der Waals surface area contributed by atoms with Crippen molar-refractivity contribution in [2.45, 2.75) is 32.7 Å². The summed E-state index contributed by atoms with van der Waals surface area (Å²) in [7, 11) is 0. The zero-order chi connectivity index (χ0) is 13.3. The average molecular weight is 287 g/mol. The number of pyridine rings is 1. The highest BCUT2D eigenvalue weighted by Crippen LogP contribution is 2.25. The lowest BCUT2D eigenvalue weighted by Crippen LogP contribution is -2.46. The Kier molecular flexibility index (Phi) is 4.13. The smallest absolute Gasteiger partial charge is 0.254 e. The van der Waals surface area contributed by atoms with Gasteiger partial charge in [0.1, 0.15) is 10.3 Å². The second-order valence-corrected chi connectivity index (χ2v) is 5.63. The molecule has 1 aromatic rings. The van der Waals surface area contributed by atoms with E-state index in [-0.39, 0.29) is 22.3 Å². The molecule has 18 heavy (non-hydrogen) atoms. The van der Waals surface area contributed by atoms with E-state index in [2.05, 4.69) is 18.8 Å². The van der Waals surface area contributed by atoms with Crippen LogP contribution in [0.3, 0.4) is 0 Å². The fourth-order valence-corrected chi connectivity index (χ4v) is 2.84. The van der Waals surface area contributed by atoms with Crippen LogP contribution in [-0.2, 0) is 0 Å². The number of hydrogen-bond acceptors (Lipinski definition) is 2. The van der Waals surface area contributed by atoms with Crippen molar-refractivity contribution in [1.82, 2.24) is 9.88 Å². The van der Waals surface area contributed by atoms with Crippen LogP contribution in [0.2, 0.25) is 10.3 Å². The third kappa shape index (κ3) is 2.78. The van der Waals surface area contributed by atoms with E-state index < -0.39 is 0 Å². The van der Waals surface area contributed by atoms with Crippen LogP contribution in [0.1, 0.15) is 37.0 Å². The monoisotopic (exact) mass is 286 g/mol. The summed E-state index contributed by atoms with van der Waals surface area (Å²) in [5, 5.41) is 0.507. The van der Waals surface area contributed by atoms with Gasteiger partial charge in [-0.2, -0.15) is 0 Å². The molecule has 0 aromatic carbocycles. The van der Waals surface area contributed by atoms with Gasteiger partial charge in [-0.15, -0.1) is 0 Å². The number of carbonyl (C=O) groups is 1. The standard InChI is InChI=1S/C13H16Cl2N2O/c1-8-4-3-5-17(9(8)2)13(18)10-6-11(14)16-12(15)7-10/h6-9H,3-5H2,1-2H3. The van der Waals surface area contributed by atoms with Crippen molar-refractivity contribution in [3.8, 4) is 0 Å². The van der Waals surface area contributed by atoms with E-state index in [1.54, 1.807) is 12.1 Å². The van der Waals surface area contributed by atoms with E-state index in [1.165, 1.54) is 6.42 Å². The van der Waals surface area contributed by atoms with E-state index in [0.29, 0.717) is 11.5 Å². The highest BCUT2D eigenvalue weighted by molar-refractivity contribution is 6.33. The highest BCUT2D eigenvalue weighted by atomic mass is 35.5. The zero-order valence-electron chi connectivity index (χ0n) is 10.5. The number of hydrogen-bond donors (Lipinski definition) is 0. The number of aromatic nitrogens is 1. The second kappa shape index (κ2) is 5.45. The fourth-order valence-electron chi connectivity index (χ4n) is 2.38. The van der Waals surface area contributed by atoms with Gasteiger partial charge in [-0.1, -0.05) is 30.1 Å². The van der Waals surface area contributed by atoms with Gasteiger partial charge in [0.25, 0.3) is 5.91 Å². The summed E-state index contributed by atoms with van der Waals surface area (Å²) in [6.45, 7) is 5.06. The van der Waals surface area contributed by atoms with Crippen LogP contribution in [0.25, 0.3) is 0 Å².